The Morgan fingerprint density at radius 2 is 1.36 bits per heavy atom. The van der Waals surface area contributed by atoms with Crippen molar-refractivity contribution in [3.63, 3.8) is 0 Å². The lowest BCUT2D eigenvalue weighted by Gasteiger charge is -2.23. The Kier molecular flexibility index (Phi) is 4.88. The van der Waals surface area contributed by atoms with Crippen LogP contribution in [0.1, 0.15) is 5.56 Å². The first-order valence-corrected chi connectivity index (χ1v) is 11.1. The van der Waals surface area contributed by atoms with Crippen molar-refractivity contribution in [3.05, 3.63) is 72.3 Å². The molecular weight excluding hydrogens is 415 g/mol. The van der Waals surface area contributed by atoms with Crippen molar-refractivity contribution in [1.82, 2.24) is 0 Å². The Morgan fingerprint density at radius 3 is 1.93 bits per heavy atom. The van der Waals surface area contributed by atoms with Gasteiger partial charge in [-0.1, -0.05) is 36.4 Å². The van der Waals surface area contributed by atoms with Gasteiger partial charge in [0.1, 0.15) is 0 Å². The lowest BCUT2D eigenvalue weighted by Crippen LogP contribution is -2.36. The van der Waals surface area contributed by atoms with E-state index >= 15 is 0 Å². The van der Waals surface area contributed by atoms with Crippen LogP contribution < -0.4 is 3.71 Å². The molecule has 0 heterocycles. The molecular formula is C18H14F3NO4S2. The molecule has 0 fully saturated rings. The maximum atomic E-state index is 13.0. The molecule has 0 amide bonds. The van der Waals surface area contributed by atoms with Crippen LogP contribution in [0, 0.1) is 0 Å². The van der Waals surface area contributed by atoms with Gasteiger partial charge in [-0.05, 0) is 35.7 Å². The monoisotopic (exact) mass is 429 g/mol. The normalized spacial score (nSPS) is 12.9. The minimum atomic E-state index is -4.69. The zero-order valence-corrected chi connectivity index (χ0v) is 16.0. The van der Waals surface area contributed by atoms with Crippen LogP contribution in [0.4, 0.5) is 18.9 Å². The van der Waals surface area contributed by atoms with Crippen molar-refractivity contribution in [3.8, 4) is 0 Å². The number of hydrogen-bond donors (Lipinski definition) is 0. The highest BCUT2D eigenvalue weighted by Gasteiger charge is 2.35. The van der Waals surface area contributed by atoms with Crippen molar-refractivity contribution in [2.24, 2.45) is 0 Å². The van der Waals surface area contributed by atoms with Crippen LogP contribution in [0.5, 0.6) is 0 Å². The zero-order chi connectivity index (χ0) is 20.7. The van der Waals surface area contributed by atoms with E-state index in [2.05, 4.69) is 0 Å². The Morgan fingerprint density at radius 1 is 0.786 bits per heavy atom. The quantitative estimate of drug-likeness (QED) is 0.628. The molecule has 0 aliphatic rings. The van der Waals surface area contributed by atoms with Gasteiger partial charge in [0.05, 0.1) is 22.4 Å². The molecule has 10 heteroatoms. The van der Waals surface area contributed by atoms with E-state index in [4.69, 9.17) is 0 Å². The van der Waals surface area contributed by atoms with E-state index in [0.29, 0.717) is 22.9 Å². The van der Waals surface area contributed by atoms with Crippen LogP contribution in [0.2, 0.25) is 0 Å². The minimum absolute atomic E-state index is 0.111. The maximum Gasteiger partial charge on any atom is 0.416 e. The molecule has 0 spiro atoms. The molecule has 0 bridgehead atoms. The summed E-state index contributed by atoms with van der Waals surface area (Å²) >= 11 is 0. The second-order valence-corrected chi connectivity index (χ2v) is 9.83. The predicted octanol–water partition coefficient (Wildman–Crippen LogP) is 4.01. The number of nitrogens with zero attached hydrogens (tertiary/aromatic N) is 1. The Balaban J connectivity index is 2.22. The summed E-state index contributed by atoms with van der Waals surface area (Å²) in [5, 5.41) is 0.974. The summed E-state index contributed by atoms with van der Waals surface area (Å²) in [6.07, 6.45) is -3.93. The SMILES string of the molecule is CS(=O)(=O)N(c1cccc2ccccc12)S(=O)(=O)c1ccc(C(F)(F)F)cc1. The fourth-order valence-electron chi connectivity index (χ4n) is 2.77. The van der Waals surface area contributed by atoms with E-state index in [1.54, 1.807) is 30.3 Å². The zero-order valence-electron chi connectivity index (χ0n) is 14.4. The lowest BCUT2D eigenvalue weighted by molar-refractivity contribution is -0.137. The Labute approximate surface area is 160 Å². The van der Waals surface area contributed by atoms with E-state index in [-0.39, 0.29) is 9.40 Å². The summed E-state index contributed by atoms with van der Waals surface area (Å²) in [7, 11) is -9.02. The molecule has 148 valence electrons. The van der Waals surface area contributed by atoms with Gasteiger partial charge in [-0.2, -0.15) is 16.9 Å². The lowest BCUT2D eigenvalue weighted by atomic mass is 10.1. The summed E-state index contributed by atoms with van der Waals surface area (Å²) in [5.41, 5.74) is -1.15. The van der Waals surface area contributed by atoms with Gasteiger partial charge < -0.3 is 0 Å². The molecule has 0 atom stereocenters. The van der Waals surface area contributed by atoms with Crippen LogP contribution >= 0.6 is 0 Å². The molecule has 3 rings (SSSR count). The van der Waals surface area contributed by atoms with Gasteiger partial charge in [0.2, 0.25) is 10.0 Å². The molecule has 3 aromatic rings. The molecule has 0 aromatic heterocycles. The van der Waals surface area contributed by atoms with Gasteiger partial charge in [-0.15, -0.1) is 0 Å². The third-order valence-corrected chi connectivity index (χ3v) is 7.66. The topological polar surface area (TPSA) is 71.5 Å². The first-order valence-electron chi connectivity index (χ1n) is 7.83. The fourth-order valence-corrected chi connectivity index (χ4v) is 6.06. The van der Waals surface area contributed by atoms with Crippen LogP contribution in [-0.2, 0) is 26.2 Å². The largest absolute Gasteiger partial charge is 0.416 e. The Hall–Kier alpha value is -2.59. The van der Waals surface area contributed by atoms with Crippen LogP contribution in [0.25, 0.3) is 10.8 Å². The van der Waals surface area contributed by atoms with E-state index in [1.165, 1.54) is 12.1 Å². The van der Waals surface area contributed by atoms with Crippen LogP contribution in [0.3, 0.4) is 0 Å². The molecule has 0 unspecified atom stereocenters. The van der Waals surface area contributed by atoms with Crippen molar-refractivity contribution in [1.29, 1.82) is 0 Å². The van der Waals surface area contributed by atoms with Crippen molar-refractivity contribution < 1.29 is 30.0 Å². The van der Waals surface area contributed by atoms with Gasteiger partial charge >= 0.3 is 6.18 Å². The molecule has 3 aromatic carbocycles. The molecule has 0 saturated heterocycles. The van der Waals surface area contributed by atoms with Gasteiger partial charge in [-0.3, -0.25) is 0 Å². The first-order chi connectivity index (χ1) is 12.9. The molecule has 0 saturated carbocycles. The summed E-state index contributed by atoms with van der Waals surface area (Å²) in [5.74, 6) is 0. The van der Waals surface area contributed by atoms with Gasteiger partial charge in [-0.25, -0.2) is 16.8 Å². The van der Waals surface area contributed by atoms with Crippen LogP contribution in [0.15, 0.2) is 71.6 Å². The summed E-state index contributed by atoms with van der Waals surface area (Å²) in [6, 6.07) is 13.7. The third kappa shape index (κ3) is 3.69. The smallest absolute Gasteiger partial charge is 0.206 e. The second kappa shape index (κ2) is 6.78. The molecule has 0 aliphatic heterocycles. The van der Waals surface area contributed by atoms with Gasteiger partial charge in [0.25, 0.3) is 10.0 Å². The van der Waals surface area contributed by atoms with E-state index in [1.807, 2.05) is 0 Å². The molecule has 0 radical (unpaired) electrons. The number of fused-ring (bicyclic) bond motifs is 1. The van der Waals surface area contributed by atoms with Crippen molar-refractivity contribution >= 4 is 36.5 Å². The van der Waals surface area contributed by atoms with Gasteiger partial charge in [0, 0.05) is 5.39 Å². The van der Waals surface area contributed by atoms with E-state index < -0.39 is 36.7 Å². The third-order valence-electron chi connectivity index (χ3n) is 3.96. The van der Waals surface area contributed by atoms with Crippen molar-refractivity contribution in [2.45, 2.75) is 11.1 Å². The highest BCUT2D eigenvalue weighted by molar-refractivity contribution is 8.10. The molecule has 0 N–H and O–H groups in total. The average Bonchev–Trinajstić information content (AvgIpc) is 2.60. The standard InChI is InChI=1S/C18H14F3NO4S2/c1-27(23,24)22(17-8-4-6-13-5-2-3-7-16(13)17)28(25,26)15-11-9-14(10-12-15)18(19,20)21/h2-12H,1H3. The average molecular weight is 429 g/mol. The highest BCUT2D eigenvalue weighted by atomic mass is 32.3. The molecule has 0 aliphatic carbocycles. The number of hydrogen-bond acceptors (Lipinski definition) is 4. The highest BCUT2D eigenvalue weighted by Crippen LogP contribution is 2.34. The number of halogens is 3. The summed E-state index contributed by atoms with van der Waals surface area (Å²) in [6.45, 7) is 0. The predicted molar refractivity (Wildman–Crippen MR) is 99.9 cm³/mol. The fraction of sp³-hybridized carbons (Fsp3) is 0.111. The first kappa shape index (κ1) is 20.2. The van der Waals surface area contributed by atoms with Crippen molar-refractivity contribution in [2.75, 3.05) is 9.97 Å². The Bertz CT molecular complexity index is 1230. The molecule has 28 heavy (non-hydrogen) atoms. The number of rotatable bonds is 4. The maximum absolute atomic E-state index is 13.0. The van der Waals surface area contributed by atoms with Gasteiger partial charge in [0.15, 0.2) is 0 Å². The molecule has 5 nitrogen and oxygen atoms in total. The van der Waals surface area contributed by atoms with E-state index in [0.717, 1.165) is 18.4 Å². The number of sulfonamides is 2. The second-order valence-electron chi connectivity index (χ2n) is 5.99. The van der Waals surface area contributed by atoms with Crippen LogP contribution in [-0.4, -0.2) is 23.1 Å². The number of anilines is 1. The minimum Gasteiger partial charge on any atom is -0.206 e. The number of benzene rings is 3. The van der Waals surface area contributed by atoms with E-state index in [9.17, 15) is 30.0 Å². The summed E-state index contributed by atoms with van der Waals surface area (Å²) < 4.78 is 89.4. The number of alkyl halides is 3. The summed E-state index contributed by atoms with van der Waals surface area (Å²) in [4.78, 5) is -0.571.